The zero-order valence-corrected chi connectivity index (χ0v) is 13.6. The number of carbonyl (C=O) groups is 1. The van der Waals surface area contributed by atoms with Crippen molar-refractivity contribution in [3.05, 3.63) is 68.6 Å². The summed E-state index contributed by atoms with van der Waals surface area (Å²) in [5.41, 5.74) is 1.01. The lowest BCUT2D eigenvalue weighted by Gasteiger charge is -2.22. The van der Waals surface area contributed by atoms with Crippen LogP contribution in [-0.4, -0.2) is 34.0 Å². The Labute approximate surface area is 139 Å². The fourth-order valence-electron chi connectivity index (χ4n) is 2.24. The van der Waals surface area contributed by atoms with Crippen molar-refractivity contribution in [2.24, 2.45) is 0 Å². The molecule has 122 valence electrons. The number of halogens is 1. The average molecular weight is 335 g/mol. The smallest absolute Gasteiger partial charge is 0.259 e. The van der Waals surface area contributed by atoms with Crippen molar-refractivity contribution >= 4 is 17.5 Å². The highest BCUT2D eigenvalue weighted by molar-refractivity contribution is 6.31. The fourth-order valence-corrected chi connectivity index (χ4v) is 2.40. The van der Waals surface area contributed by atoms with Crippen molar-refractivity contribution in [3.8, 4) is 0 Å². The Bertz CT molecular complexity index is 728. The Hall–Kier alpha value is -2.11. The van der Waals surface area contributed by atoms with Gasteiger partial charge in [-0.25, -0.2) is 0 Å². The molecule has 1 aromatic heterocycles. The first-order valence-corrected chi connectivity index (χ1v) is 7.74. The summed E-state index contributed by atoms with van der Waals surface area (Å²) in [5, 5.41) is 9.07. The molecule has 0 aliphatic carbocycles. The van der Waals surface area contributed by atoms with Gasteiger partial charge >= 0.3 is 0 Å². The number of hydrogen-bond acceptors (Lipinski definition) is 3. The van der Waals surface area contributed by atoms with Crippen LogP contribution in [0.25, 0.3) is 0 Å². The summed E-state index contributed by atoms with van der Waals surface area (Å²) in [6.07, 6.45) is 1.83. The molecular weight excluding hydrogens is 316 g/mol. The molecule has 0 aliphatic rings. The third-order valence-corrected chi connectivity index (χ3v) is 3.98. The number of hydrogen-bond donors (Lipinski definition) is 2. The van der Waals surface area contributed by atoms with E-state index in [4.69, 9.17) is 16.7 Å². The molecule has 0 fully saturated rings. The van der Waals surface area contributed by atoms with Gasteiger partial charge in [0.05, 0.1) is 0 Å². The number of benzene rings is 1. The Morgan fingerprint density at radius 1 is 1.30 bits per heavy atom. The molecule has 0 atom stereocenters. The minimum Gasteiger partial charge on any atom is -0.396 e. The Morgan fingerprint density at radius 3 is 2.65 bits per heavy atom. The van der Waals surface area contributed by atoms with Gasteiger partial charge in [0.15, 0.2) is 0 Å². The second-order valence-electron chi connectivity index (χ2n) is 5.26. The maximum Gasteiger partial charge on any atom is 0.259 e. The van der Waals surface area contributed by atoms with Gasteiger partial charge in [0, 0.05) is 31.6 Å². The van der Waals surface area contributed by atoms with Crippen molar-refractivity contribution in [2.45, 2.75) is 19.9 Å². The normalized spacial score (nSPS) is 10.6. The average Bonchev–Trinajstić information content (AvgIpc) is 2.57. The highest BCUT2D eigenvalue weighted by Gasteiger charge is 2.20. The van der Waals surface area contributed by atoms with Crippen LogP contribution in [-0.2, 0) is 6.54 Å². The highest BCUT2D eigenvalue weighted by atomic mass is 35.5. The lowest BCUT2D eigenvalue weighted by atomic mass is 10.1. The molecule has 2 N–H and O–H groups in total. The van der Waals surface area contributed by atoms with E-state index in [1.165, 1.54) is 6.20 Å². The van der Waals surface area contributed by atoms with Crippen molar-refractivity contribution < 1.29 is 9.90 Å². The molecule has 0 saturated carbocycles. The molecule has 0 bridgehead atoms. The lowest BCUT2D eigenvalue weighted by molar-refractivity contribution is 0.0730. The summed E-state index contributed by atoms with van der Waals surface area (Å²) in [7, 11) is 0. The molecule has 2 aromatic rings. The Kier molecular flexibility index (Phi) is 5.96. The first-order chi connectivity index (χ1) is 11.0. The molecule has 0 unspecified atom stereocenters. The minimum atomic E-state index is -0.477. The number of nitrogens with one attached hydrogen (secondary N) is 1. The third-order valence-electron chi connectivity index (χ3n) is 3.53. The van der Waals surface area contributed by atoms with E-state index in [-0.39, 0.29) is 17.2 Å². The van der Waals surface area contributed by atoms with Crippen LogP contribution >= 0.6 is 11.6 Å². The van der Waals surface area contributed by atoms with Crippen LogP contribution < -0.4 is 5.43 Å². The number of aromatic nitrogens is 1. The van der Waals surface area contributed by atoms with Crippen LogP contribution in [0.3, 0.4) is 0 Å². The summed E-state index contributed by atoms with van der Waals surface area (Å²) in [5.74, 6) is -0.398. The largest absolute Gasteiger partial charge is 0.396 e. The lowest BCUT2D eigenvalue weighted by Crippen LogP contribution is -2.35. The summed E-state index contributed by atoms with van der Waals surface area (Å²) in [6, 6.07) is 9.49. The number of aryl methyl sites for hydroxylation is 1. The standard InChI is InChI=1S/C17H19ClN2O3/c1-12-15(18)16(22)14(10-19-12)17(23)20(8-5-9-21)11-13-6-3-2-4-7-13/h2-4,6-7,10,21H,5,8-9,11H2,1H3,(H,19,22). The first kappa shape index (κ1) is 17.2. The Balaban J connectivity index is 2.30. The maximum absolute atomic E-state index is 12.7. The number of rotatable bonds is 6. The Morgan fingerprint density at radius 2 is 2.00 bits per heavy atom. The molecule has 0 spiro atoms. The van der Waals surface area contributed by atoms with E-state index in [2.05, 4.69) is 4.98 Å². The predicted octanol–water partition coefficient (Wildman–Crippen LogP) is 2.36. The SMILES string of the molecule is Cc1[nH]cc(C(=O)N(CCCO)Cc2ccccc2)c(=O)c1Cl. The van der Waals surface area contributed by atoms with Crippen LogP contribution in [0.15, 0.2) is 41.3 Å². The van der Waals surface area contributed by atoms with Crippen molar-refractivity contribution in [1.29, 1.82) is 0 Å². The molecule has 6 heteroatoms. The summed E-state index contributed by atoms with van der Waals surface area (Å²) in [4.78, 5) is 29.3. The molecule has 1 amide bonds. The number of carbonyl (C=O) groups excluding carboxylic acids is 1. The van der Waals surface area contributed by atoms with Gasteiger partial charge in [0.25, 0.3) is 5.91 Å². The van der Waals surface area contributed by atoms with Crippen molar-refractivity contribution in [2.75, 3.05) is 13.2 Å². The molecule has 0 radical (unpaired) electrons. The van der Waals surface area contributed by atoms with Crippen molar-refractivity contribution in [3.63, 3.8) is 0 Å². The maximum atomic E-state index is 12.7. The van der Waals surface area contributed by atoms with E-state index in [0.29, 0.717) is 25.2 Å². The molecule has 0 aliphatic heterocycles. The summed E-state index contributed by atoms with van der Waals surface area (Å²) in [6.45, 7) is 2.37. The highest BCUT2D eigenvalue weighted by Crippen LogP contribution is 2.12. The van der Waals surface area contributed by atoms with Gasteiger partial charge in [-0.05, 0) is 18.9 Å². The molecule has 5 nitrogen and oxygen atoms in total. The fraction of sp³-hybridized carbons (Fsp3) is 0.294. The molecule has 0 saturated heterocycles. The number of amides is 1. The van der Waals surface area contributed by atoms with E-state index in [1.54, 1.807) is 11.8 Å². The molecule has 23 heavy (non-hydrogen) atoms. The van der Waals surface area contributed by atoms with E-state index in [9.17, 15) is 9.59 Å². The molecule has 1 heterocycles. The van der Waals surface area contributed by atoms with E-state index in [0.717, 1.165) is 5.56 Å². The molecule has 1 aromatic carbocycles. The zero-order chi connectivity index (χ0) is 16.8. The topological polar surface area (TPSA) is 73.4 Å². The van der Waals surface area contributed by atoms with Crippen LogP contribution in [0.2, 0.25) is 5.02 Å². The van der Waals surface area contributed by atoms with Gasteiger partial charge in [-0.1, -0.05) is 41.9 Å². The van der Waals surface area contributed by atoms with E-state index >= 15 is 0 Å². The quantitative estimate of drug-likeness (QED) is 0.851. The molecular formula is C17H19ClN2O3. The van der Waals surface area contributed by atoms with Gasteiger partial charge in [-0.2, -0.15) is 0 Å². The van der Waals surface area contributed by atoms with Crippen molar-refractivity contribution in [1.82, 2.24) is 9.88 Å². The summed E-state index contributed by atoms with van der Waals surface area (Å²) < 4.78 is 0. The first-order valence-electron chi connectivity index (χ1n) is 7.36. The second-order valence-corrected chi connectivity index (χ2v) is 5.64. The van der Waals surface area contributed by atoms with Gasteiger partial charge in [-0.15, -0.1) is 0 Å². The predicted molar refractivity (Wildman–Crippen MR) is 89.7 cm³/mol. The number of aliphatic hydroxyl groups is 1. The minimum absolute atomic E-state index is 0.00877. The zero-order valence-electron chi connectivity index (χ0n) is 12.9. The second kappa shape index (κ2) is 7.94. The van der Waals surface area contributed by atoms with Gasteiger partial charge in [-0.3, -0.25) is 9.59 Å². The number of aromatic amines is 1. The van der Waals surface area contributed by atoms with Crippen LogP contribution in [0.4, 0.5) is 0 Å². The monoisotopic (exact) mass is 334 g/mol. The van der Waals surface area contributed by atoms with E-state index < -0.39 is 11.3 Å². The van der Waals surface area contributed by atoms with Gasteiger partial charge in [0.2, 0.25) is 5.43 Å². The summed E-state index contributed by atoms with van der Waals surface area (Å²) >= 11 is 5.94. The number of nitrogens with zero attached hydrogens (tertiary/aromatic N) is 1. The van der Waals surface area contributed by atoms with Gasteiger partial charge in [0.1, 0.15) is 10.6 Å². The van der Waals surface area contributed by atoms with Crippen LogP contribution in [0.5, 0.6) is 0 Å². The number of aliphatic hydroxyl groups excluding tert-OH is 1. The third kappa shape index (κ3) is 4.21. The van der Waals surface area contributed by atoms with Crippen LogP contribution in [0, 0.1) is 6.92 Å². The van der Waals surface area contributed by atoms with Gasteiger partial charge < -0.3 is 15.0 Å². The van der Waals surface area contributed by atoms with E-state index in [1.807, 2.05) is 30.3 Å². The van der Waals surface area contributed by atoms with Crippen LogP contribution in [0.1, 0.15) is 28.0 Å². The molecule has 2 rings (SSSR count). The number of pyridine rings is 1. The number of H-pyrrole nitrogens is 1.